The zero-order valence-corrected chi connectivity index (χ0v) is 15.7. The van der Waals surface area contributed by atoms with Gasteiger partial charge in [-0.25, -0.2) is 10.0 Å². The van der Waals surface area contributed by atoms with Crippen LogP contribution in [0, 0.1) is 6.92 Å². The van der Waals surface area contributed by atoms with Crippen molar-refractivity contribution in [2.24, 2.45) is 0 Å². The Hall–Kier alpha value is -2.64. The number of carbonyl (C=O) groups is 1. The molecule has 0 saturated heterocycles. The van der Waals surface area contributed by atoms with E-state index in [0.717, 1.165) is 11.3 Å². The third-order valence-electron chi connectivity index (χ3n) is 4.29. The van der Waals surface area contributed by atoms with Crippen LogP contribution < -0.4 is 4.74 Å². The predicted molar refractivity (Wildman–Crippen MR) is 98.5 cm³/mol. The van der Waals surface area contributed by atoms with Gasteiger partial charge in [0.1, 0.15) is 11.3 Å². The molecule has 0 aliphatic heterocycles. The fraction of sp³-hybridized carbons (Fsp3) is 0.278. The van der Waals surface area contributed by atoms with Crippen molar-refractivity contribution in [3.05, 3.63) is 52.4 Å². The smallest absolute Gasteiger partial charge is 0.281 e. The maximum absolute atomic E-state index is 12.7. The Labute approximate surface area is 156 Å². The lowest BCUT2D eigenvalue weighted by molar-refractivity contribution is -0.0756. The molecule has 0 bridgehead atoms. The number of rotatable bonds is 5. The van der Waals surface area contributed by atoms with Crippen LogP contribution in [-0.4, -0.2) is 46.8 Å². The van der Waals surface area contributed by atoms with Crippen LogP contribution in [0.3, 0.4) is 0 Å². The number of hydrogen-bond acceptors (Lipinski definition) is 5. The number of aromatic nitrogens is 3. The van der Waals surface area contributed by atoms with E-state index in [1.54, 1.807) is 38.7 Å². The van der Waals surface area contributed by atoms with Gasteiger partial charge in [0, 0.05) is 30.2 Å². The monoisotopic (exact) mass is 374 g/mol. The fourth-order valence-corrected chi connectivity index (χ4v) is 3.01. The molecule has 3 aromatic rings. The summed E-state index contributed by atoms with van der Waals surface area (Å²) in [7, 11) is 4.60. The highest BCUT2D eigenvalue weighted by atomic mass is 35.5. The molecule has 136 valence electrons. The number of nitrogens with zero attached hydrogens (tertiary/aromatic N) is 4. The van der Waals surface area contributed by atoms with E-state index in [1.165, 1.54) is 12.2 Å². The first-order valence-corrected chi connectivity index (χ1v) is 8.30. The molecule has 0 N–H and O–H groups in total. The second-order valence-electron chi connectivity index (χ2n) is 5.72. The van der Waals surface area contributed by atoms with Crippen molar-refractivity contribution in [3.8, 4) is 5.75 Å². The topological polar surface area (TPSA) is 69.5 Å². The van der Waals surface area contributed by atoms with Crippen molar-refractivity contribution >= 4 is 28.7 Å². The van der Waals surface area contributed by atoms with Crippen LogP contribution in [0.1, 0.15) is 21.6 Å². The lowest BCUT2D eigenvalue weighted by atomic mass is 10.2. The van der Waals surface area contributed by atoms with E-state index in [-0.39, 0.29) is 5.91 Å². The average molecular weight is 375 g/mol. The van der Waals surface area contributed by atoms with Gasteiger partial charge in [-0.05, 0) is 30.7 Å². The van der Waals surface area contributed by atoms with Crippen LogP contribution in [-0.2, 0) is 11.4 Å². The lowest BCUT2D eigenvalue weighted by Crippen LogP contribution is -2.26. The molecule has 8 heteroatoms. The number of carbonyl (C=O) groups excluding carboxylic acids is 1. The van der Waals surface area contributed by atoms with Crippen LogP contribution in [0.15, 0.2) is 30.6 Å². The molecule has 2 aromatic heterocycles. The van der Waals surface area contributed by atoms with Crippen molar-refractivity contribution in [2.75, 3.05) is 21.3 Å². The number of methoxy groups -OCH3 is 1. The number of benzene rings is 1. The largest absolute Gasteiger partial charge is 0.497 e. The van der Waals surface area contributed by atoms with E-state index in [2.05, 4.69) is 9.97 Å². The highest BCUT2D eigenvalue weighted by Crippen LogP contribution is 2.28. The molecular formula is C18H19ClN4O3. The Bertz CT molecular complexity index is 970. The Kier molecular flexibility index (Phi) is 5.11. The summed E-state index contributed by atoms with van der Waals surface area (Å²) in [5, 5.41) is 1.78. The van der Waals surface area contributed by atoms with Crippen molar-refractivity contribution in [3.63, 3.8) is 0 Å². The minimum absolute atomic E-state index is 0.286. The van der Waals surface area contributed by atoms with E-state index >= 15 is 0 Å². The fourth-order valence-electron chi connectivity index (χ4n) is 2.83. The summed E-state index contributed by atoms with van der Waals surface area (Å²) >= 11 is 6.35. The standard InChI is InChI=1S/C18H19ClN4O3/c1-11-15(18(24)22(2)26-4)16-17(21-8-7-20-16)23(11)10-12-9-13(25-3)5-6-14(12)19/h5-9H,10H2,1-4H3. The number of halogens is 1. The van der Waals surface area contributed by atoms with Gasteiger partial charge < -0.3 is 9.30 Å². The highest BCUT2D eigenvalue weighted by Gasteiger charge is 2.25. The molecule has 0 aliphatic rings. The summed E-state index contributed by atoms with van der Waals surface area (Å²) in [6.45, 7) is 2.29. The molecular weight excluding hydrogens is 356 g/mol. The van der Waals surface area contributed by atoms with Crippen LogP contribution in [0.25, 0.3) is 11.2 Å². The second kappa shape index (κ2) is 7.31. The molecule has 26 heavy (non-hydrogen) atoms. The molecule has 0 saturated carbocycles. The quantitative estimate of drug-likeness (QED) is 0.642. The van der Waals surface area contributed by atoms with Crippen LogP contribution in [0.5, 0.6) is 5.75 Å². The summed E-state index contributed by atoms with van der Waals surface area (Å²) in [5.41, 5.74) is 3.18. The van der Waals surface area contributed by atoms with E-state index in [4.69, 9.17) is 21.2 Å². The Balaban J connectivity index is 2.16. The highest BCUT2D eigenvalue weighted by molar-refractivity contribution is 6.31. The first-order valence-electron chi connectivity index (χ1n) is 7.92. The van der Waals surface area contributed by atoms with Gasteiger partial charge in [-0.1, -0.05) is 11.6 Å². The first-order chi connectivity index (χ1) is 12.5. The van der Waals surface area contributed by atoms with Gasteiger partial charge in [0.15, 0.2) is 5.65 Å². The van der Waals surface area contributed by atoms with E-state index in [1.807, 2.05) is 17.6 Å². The minimum Gasteiger partial charge on any atom is -0.497 e. The van der Waals surface area contributed by atoms with Crippen molar-refractivity contribution in [2.45, 2.75) is 13.5 Å². The molecule has 7 nitrogen and oxygen atoms in total. The van der Waals surface area contributed by atoms with E-state index < -0.39 is 0 Å². The molecule has 0 fully saturated rings. The van der Waals surface area contributed by atoms with Gasteiger partial charge >= 0.3 is 0 Å². The molecule has 0 aliphatic carbocycles. The number of amides is 1. The molecule has 0 spiro atoms. The number of fused-ring (bicyclic) bond motifs is 1. The molecule has 0 atom stereocenters. The average Bonchev–Trinajstić information content (AvgIpc) is 2.94. The van der Waals surface area contributed by atoms with Gasteiger partial charge in [0.05, 0.1) is 26.3 Å². The third-order valence-corrected chi connectivity index (χ3v) is 4.66. The molecule has 0 radical (unpaired) electrons. The summed E-state index contributed by atoms with van der Waals surface area (Å²) in [5.74, 6) is 0.422. The normalized spacial score (nSPS) is 11.0. The summed E-state index contributed by atoms with van der Waals surface area (Å²) < 4.78 is 7.20. The SMILES string of the molecule is COc1ccc(Cl)c(Cn2c(C)c(C(=O)N(C)OC)c3nccnc32)c1. The second-order valence-corrected chi connectivity index (χ2v) is 6.12. The molecule has 1 aromatic carbocycles. The number of ether oxygens (including phenoxy) is 1. The number of hydrogen-bond donors (Lipinski definition) is 0. The minimum atomic E-state index is -0.286. The Morgan fingerprint density at radius 1 is 1.27 bits per heavy atom. The zero-order chi connectivity index (χ0) is 18.8. The van der Waals surface area contributed by atoms with Crippen molar-refractivity contribution in [1.29, 1.82) is 0 Å². The van der Waals surface area contributed by atoms with Crippen molar-refractivity contribution in [1.82, 2.24) is 19.6 Å². The Morgan fingerprint density at radius 2 is 2.00 bits per heavy atom. The molecule has 1 amide bonds. The Morgan fingerprint density at radius 3 is 2.69 bits per heavy atom. The van der Waals surface area contributed by atoms with Gasteiger partial charge in [0.2, 0.25) is 0 Å². The third kappa shape index (κ3) is 3.11. The zero-order valence-electron chi connectivity index (χ0n) is 15.0. The van der Waals surface area contributed by atoms with E-state index in [9.17, 15) is 4.79 Å². The maximum Gasteiger partial charge on any atom is 0.281 e. The molecule has 0 unspecified atom stereocenters. The molecule has 2 heterocycles. The summed E-state index contributed by atoms with van der Waals surface area (Å²) in [6, 6.07) is 5.45. The summed E-state index contributed by atoms with van der Waals surface area (Å²) in [4.78, 5) is 26.5. The summed E-state index contributed by atoms with van der Waals surface area (Å²) in [6.07, 6.45) is 3.16. The van der Waals surface area contributed by atoms with Crippen LogP contribution >= 0.6 is 11.6 Å². The molecule has 3 rings (SSSR count). The number of hydroxylamine groups is 2. The van der Waals surface area contributed by atoms with Crippen LogP contribution in [0.4, 0.5) is 0 Å². The van der Waals surface area contributed by atoms with E-state index in [0.29, 0.717) is 34.0 Å². The maximum atomic E-state index is 12.7. The predicted octanol–water partition coefficient (Wildman–Crippen LogP) is 3.08. The van der Waals surface area contributed by atoms with Crippen molar-refractivity contribution < 1.29 is 14.4 Å². The van der Waals surface area contributed by atoms with Gasteiger partial charge in [-0.3, -0.25) is 14.6 Å². The van der Waals surface area contributed by atoms with Gasteiger partial charge in [-0.15, -0.1) is 0 Å². The van der Waals surface area contributed by atoms with Gasteiger partial charge in [-0.2, -0.15) is 0 Å². The van der Waals surface area contributed by atoms with Gasteiger partial charge in [0.25, 0.3) is 5.91 Å². The first kappa shape index (κ1) is 18.2. The van der Waals surface area contributed by atoms with Crippen LogP contribution in [0.2, 0.25) is 5.02 Å². The lowest BCUT2D eigenvalue weighted by Gasteiger charge is -2.14.